The number of thiophene rings is 1. The van der Waals surface area contributed by atoms with Gasteiger partial charge in [0.15, 0.2) is 0 Å². The molecule has 0 atom stereocenters. The fourth-order valence-electron chi connectivity index (χ4n) is 0.569. The lowest BCUT2D eigenvalue weighted by atomic mass is 10.4. The number of carbonyl (C=O) groups excluding carboxylic acids is 2. The summed E-state index contributed by atoms with van der Waals surface area (Å²) in [6, 6.07) is 1.82. The standard InChI is InChI=1S/C7H7N3O2S/c8-6(11)7(12)10-9-3-5-1-2-13-4-5/h1-4H,(H2,8,11)(H,10,12)/b9-3+. The van der Waals surface area contributed by atoms with Crippen LogP contribution < -0.4 is 11.2 Å². The third-order valence-corrected chi connectivity index (χ3v) is 1.85. The summed E-state index contributed by atoms with van der Waals surface area (Å²) >= 11 is 1.51. The van der Waals surface area contributed by atoms with Crippen molar-refractivity contribution in [2.75, 3.05) is 0 Å². The molecule has 0 radical (unpaired) electrons. The largest absolute Gasteiger partial charge is 0.361 e. The molecule has 3 N–H and O–H groups in total. The van der Waals surface area contributed by atoms with E-state index >= 15 is 0 Å². The summed E-state index contributed by atoms with van der Waals surface area (Å²) in [5, 5.41) is 7.24. The molecule has 0 unspecified atom stereocenters. The average Bonchev–Trinajstić information content (AvgIpc) is 2.56. The van der Waals surface area contributed by atoms with E-state index in [0.29, 0.717) is 0 Å². The number of nitrogens with one attached hydrogen (secondary N) is 1. The Morgan fingerprint density at radius 2 is 2.38 bits per heavy atom. The number of primary amides is 1. The first kappa shape index (κ1) is 9.40. The summed E-state index contributed by atoms with van der Waals surface area (Å²) in [4.78, 5) is 20.8. The van der Waals surface area contributed by atoms with E-state index in [1.165, 1.54) is 17.6 Å². The number of hydrazone groups is 1. The summed E-state index contributed by atoms with van der Waals surface area (Å²) in [5.41, 5.74) is 7.51. The highest BCUT2D eigenvalue weighted by molar-refractivity contribution is 7.08. The summed E-state index contributed by atoms with van der Waals surface area (Å²) in [6.45, 7) is 0. The molecule has 5 nitrogen and oxygen atoms in total. The number of hydrogen-bond acceptors (Lipinski definition) is 4. The van der Waals surface area contributed by atoms with Gasteiger partial charge in [0, 0.05) is 5.56 Å². The molecule has 0 bridgehead atoms. The monoisotopic (exact) mass is 197 g/mol. The van der Waals surface area contributed by atoms with Gasteiger partial charge in [-0.05, 0) is 16.8 Å². The van der Waals surface area contributed by atoms with E-state index < -0.39 is 11.8 Å². The first-order valence-electron chi connectivity index (χ1n) is 3.35. The molecule has 0 spiro atoms. The van der Waals surface area contributed by atoms with E-state index in [1.807, 2.05) is 22.3 Å². The van der Waals surface area contributed by atoms with Crippen LogP contribution in [0.1, 0.15) is 5.56 Å². The molecular weight excluding hydrogens is 190 g/mol. The van der Waals surface area contributed by atoms with Gasteiger partial charge < -0.3 is 5.73 Å². The second kappa shape index (κ2) is 4.36. The summed E-state index contributed by atoms with van der Waals surface area (Å²) in [7, 11) is 0. The second-order valence-electron chi connectivity index (χ2n) is 2.12. The maximum atomic E-state index is 10.6. The minimum absolute atomic E-state index is 0.856. The van der Waals surface area contributed by atoms with Crippen LogP contribution in [0.25, 0.3) is 0 Å². The highest BCUT2D eigenvalue weighted by Gasteiger charge is 2.04. The van der Waals surface area contributed by atoms with Crippen molar-refractivity contribution < 1.29 is 9.59 Å². The molecule has 1 aromatic heterocycles. The molecule has 0 saturated heterocycles. The van der Waals surface area contributed by atoms with Crippen LogP contribution in [0.5, 0.6) is 0 Å². The molecule has 1 rings (SSSR count). The Morgan fingerprint density at radius 1 is 1.62 bits per heavy atom. The van der Waals surface area contributed by atoms with E-state index in [1.54, 1.807) is 0 Å². The summed E-state index contributed by atoms with van der Waals surface area (Å²) in [6.07, 6.45) is 1.43. The van der Waals surface area contributed by atoms with E-state index in [9.17, 15) is 9.59 Å². The fourth-order valence-corrected chi connectivity index (χ4v) is 1.18. The van der Waals surface area contributed by atoms with Crippen molar-refractivity contribution in [3.05, 3.63) is 22.4 Å². The Balaban J connectivity index is 2.43. The topological polar surface area (TPSA) is 84.5 Å². The van der Waals surface area contributed by atoms with Gasteiger partial charge in [0.1, 0.15) is 0 Å². The lowest BCUT2D eigenvalue weighted by Gasteiger charge is -1.91. The summed E-state index contributed by atoms with van der Waals surface area (Å²) < 4.78 is 0. The van der Waals surface area contributed by atoms with E-state index in [0.717, 1.165) is 5.56 Å². The number of nitrogens with two attached hydrogens (primary N) is 1. The zero-order valence-electron chi connectivity index (χ0n) is 6.56. The molecule has 0 aliphatic heterocycles. The molecular formula is C7H7N3O2S. The Hall–Kier alpha value is -1.69. The van der Waals surface area contributed by atoms with Gasteiger partial charge in [0.05, 0.1) is 6.21 Å². The van der Waals surface area contributed by atoms with Gasteiger partial charge in [-0.1, -0.05) is 0 Å². The van der Waals surface area contributed by atoms with Crippen molar-refractivity contribution in [3.8, 4) is 0 Å². The zero-order chi connectivity index (χ0) is 9.68. The predicted molar refractivity (Wildman–Crippen MR) is 49.3 cm³/mol. The Morgan fingerprint density at radius 3 is 2.92 bits per heavy atom. The molecule has 0 fully saturated rings. The second-order valence-corrected chi connectivity index (χ2v) is 2.90. The Labute approximate surface area is 78.2 Å². The maximum Gasteiger partial charge on any atom is 0.329 e. The van der Waals surface area contributed by atoms with Gasteiger partial charge in [-0.25, -0.2) is 5.43 Å². The van der Waals surface area contributed by atoms with Crippen molar-refractivity contribution in [3.63, 3.8) is 0 Å². The number of carbonyl (C=O) groups is 2. The average molecular weight is 197 g/mol. The van der Waals surface area contributed by atoms with Gasteiger partial charge in [-0.15, -0.1) is 0 Å². The Kier molecular flexibility index (Phi) is 3.15. The lowest BCUT2D eigenvalue weighted by molar-refractivity contribution is -0.137. The van der Waals surface area contributed by atoms with E-state index in [4.69, 9.17) is 0 Å². The zero-order valence-corrected chi connectivity index (χ0v) is 7.38. The first-order chi connectivity index (χ1) is 6.20. The van der Waals surface area contributed by atoms with Crippen LogP contribution in [0.3, 0.4) is 0 Å². The van der Waals surface area contributed by atoms with Gasteiger partial charge in [-0.2, -0.15) is 16.4 Å². The van der Waals surface area contributed by atoms with Gasteiger partial charge in [-0.3, -0.25) is 9.59 Å². The van der Waals surface area contributed by atoms with Gasteiger partial charge in [0.2, 0.25) is 0 Å². The van der Waals surface area contributed by atoms with Crippen LogP contribution in [0.2, 0.25) is 0 Å². The van der Waals surface area contributed by atoms with Crippen molar-refractivity contribution in [1.29, 1.82) is 0 Å². The summed E-state index contributed by atoms with van der Waals surface area (Å²) in [5.74, 6) is -1.98. The van der Waals surface area contributed by atoms with Crippen LogP contribution in [0, 0.1) is 0 Å². The molecule has 0 aliphatic rings. The normalized spacial score (nSPS) is 10.2. The van der Waals surface area contributed by atoms with E-state index in [-0.39, 0.29) is 0 Å². The number of nitrogens with zero attached hydrogens (tertiary/aromatic N) is 1. The Bertz CT molecular complexity index is 332. The first-order valence-corrected chi connectivity index (χ1v) is 4.29. The maximum absolute atomic E-state index is 10.6. The van der Waals surface area contributed by atoms with Crippen LogP contribution in [-0.2, 0) is 9.59 Å². The highest BCUT2D eigenvalue weighted by Crippen LogP contribution is 2.01. The number of rotatable bonds is 2. The number of amides is 2. The molecule has 0 saturated carbocycles. The molecule has 6 heteroatoms. The van der Waals surface area contributed by atoms with Crippen LogP contribution >= 0.6 is 11.3 Å². The molecule has 1 heterocycles. The van der Waals surface area contributed by atoms with Crippen LogP contribution in [0.15, 0.2) is 21.9 Å². The minimum atomic E-state index is -1.05. The van der Waals surface area contributed by atoms with Crippen molar-refractivity contribution in [2.24, 2.45) is 10.8 Å². The molecule has 68 valence electrons. The third kappa shape index (κ3) is 3.04. The van der Waals surface area contributed by atoms with Crippen molar-refractivity contribution in [2.45, 2.75) is 0 Å². The highest BCUT2D eigenvalue weighted by atomic mass is 32.1. The van der Waals surface area contributed by atoms with Crippen molar-refractivity contribution in [1.82, 2.24) is 5.43 Å². The fraction of sp³-hybridized carbons (Fsp3) is 0. The van der Waals surface area contributed by atoms with E-state index in [2.05, 4.69) is 10.8 Å². The van der Waals surface area contributed by atoms with Crippen molar-refractivity contribution >= 4 is 29.4 Å². The molecule has 1 aromatic rings. The SMILES string of the molecule is NC(=O)C(=O)N/N=C/c1ccsc1. The molecule has 2 amide bonds. The van der Waals surface area contributed by atoms with Crippen LogP contribution in [-0.4, -0.2) is 18.0 Å². The third-order valence-electron chi connectivity index (χ3n) is 1.15. The smallest absolute Gasteiger partial charge is 0.329 e. The van der Waals surface area contributed by atoms with Crippen LogP contribution in [0.4, 0.5) is 0 Å². The molecule has 0 aromatic carbocycles. The molecule has 0 aliphatic carbocycles. The lowest BCUT2D eigenvalue weighted by Crippen LogP contribution is -2.32. The minimum Gasteiger partial charge on any atom is -0.361 e. The quantitative estimate of drug-likeness (QED) is 0.387. The molecule has 13 heavy (non-hydrogen) atoms. The predicted octanol–water partition coefficient (Wildman–Crippen LogP) is -0.316. The van der Waals surface area contributed by atoms with Gasteiger partial charge in [0.25, 0.3) is 0 Å². The van der Waals surface area contributed by atoms with Gasteiger partial charge >= 0.3 is 11.8 Å². The number of hydrogen-bond donors (Lipinski definition) is 2.